The third-order valence-corrected chi connectivity index (χ3v) is 6.36. The highest BCUT2D eigenvalue weighted by atomic mass is 32.2. The lowest BCUT2D eigenvalue weighted by molar-refractivity contribution is -0.121. The van der Waals surface area contributed by atoms with Crippen LogP contribution >= 0.6 is 11.8 Å². The molecule has 34 heavy (non-hydrogen) atoms. The van der Waals surface area contributed by atoms with Crippen molar-refractivity contribution in [1.82, 2.24) is 20.1 Å². The molecule has 0 spiro atoms. The summed E-state index contributed by atoms with van der Waals surface area (Å²) in [7, 11) is 1.66. The lowest BCUT2D eigenvalue weighted by Gasteiger charge is -2.13. The van der Waals surface area contributed by atoms with E-state index in [4.69, 9.17) is 4.74 Å². The summed E-state index contributed by atoms with van der Waals surface area (Å²) in [6.07, 6.45) is 2.07. The van der Waals surface area contributed by atoms with Crippen LogP contribution in [0.5, 0.6) is 5.75 Å². The molecule has 0 fully saturated rings. The third kappa shape index (κ3) is 6.05. The van der Waals surface area contributed by atoms with Crippen molar-refractivity contribution in [3.05, 3.63) is 90.5 Å². The number of hydrogen-bond donors (Lipinski definition) is 1. The van der Waals surface area contributed by atoms with E-state index in [0.29, 0.717) is 13.0 Å². The number of carbonyl (C=O) groups excluding carboxylic acids is 1. The zero-order valence-corrected chi connectivity index (χ0v) is 20.0. The van der Waals surface area contributed by atoms with Crippen molar-refractivity contribution in [1.29, 1.82) is 0 Å². The summed E-state index contributed by atoms with van der Waals surface area (Å²) in [4.78, 5) is 12.2. The first kappa shape index (κ1) is 23.6. The molecule has 0 aliphatic carbocycles. The number of thioether (sulfide) groups is 1. The summed E-state index contributed by atoms with van der Waals surface area (Å²) < 4.78 is 7.63. The number of ether oxygens (including phenoxy) is 1. The predicted octanol–water partition coefficient (Wildman–Crippen LogP) is 5.17. The molecule has 6 nitrogen and oxygen atoms in total. The Kier molecular flexibility index (Phi) is 8.35. The number of hydrogen-bond acceptors (Lipinski definition) is 5. The number of methoxy groups -OCH3 is 1. The normalized spacial score (nSPS) is 10.7. The number of amides is 1. The van der Waals surface area contributed by atoms with Crippen molar-refractivity contribution < 1.29 is 9.53 Å². The minimum atomic E-state index is 0.0766. The molecule has 174 valence electrons. The fraction of sp³-hybridized carbons (Fsp3) is 0.222. The van der Waals surface area contributed by atoms with Crippen molar-refractivity contribution in [2.24, 2.45) is 0 Å². The molecule has 1 aromatic heterocycles. The van der Waals surface area contributed by atoms with Crippen LogP contribution in [0.2, 0.25) is 0 Å². The number of para-hydroxylation sites is 2. The summed E-state index contributed by atoms with van der Waals surface area (Å²) in [5, 5.41) is 12.7. The number of nitrogens with zero attached hydrogens (tertiary/aromatic N) is 3. The SMILES string of the molecule is COc1ccccc1-n1c(SCCCC(=O)NCCc2ccccc2)nnc1-c1ccccc1. The first-order valence-corrected chi connectivity index (χ1v) is 12.3. The van der Waals surface area contributed by atoms with Crippen LogP contribution in [0.15, 0.2) is 90.1 Å². The van der Waals surface area contributed by atoms with Crippen LogP contribution in [0.3, 0.4) is 0 Å². The number of carbonyl (C=O) groups is 1. The highest BCUT2D eigenvalue weighted by Crippen LogP contribution is 2.32. The Bertz CT molecular complexity index is 1200. The number of benzene rings is 3. The van der Waals surface area contributed by atoms with Gasteiger partial charge in [-0.15, -0.1) is 10.2 Å². The van der Waals surface area contributed by atoms with E-state index < -0.39 is 0 Å². The topological polar surface area (TPSA) is 69.0 Å². The Labute approximate surface area is 204 Å². The first-order valence-electron chi connectivity index (χ1n) is 11.3. The van der Waals surface area contributed by atoms with Crippen LogP contribution in [0.25, 0.3) is 17.1 Å². The van der Waals surface area contributed by atoms with Gasteiger partial charge in [0, 0.05) is 24.3 Å². The van der Waals surface area contributed by atoms with E-state index in [-0.39, 0.29) is 5.91 Å². The standard InChI is InChI=1S/C27H28N4O2S/c1-33-24-16-9-8-15-23(24)31-26(22-13-6-3-7-14-22)29-30-27(31)34-20-10-17-25(32)28-19-18-21-11-4-2-5-12-21/h2-9,11-16H,10,17-20H2,1H3,(H,28,32). The smallest absolute Gasteiger partial charge is 0.220 e. The Morgan fingerprint density at radius 1 is 0.941 bits per heavy atom. The van der Waals surface area contributed by atoms with E-state index in [0.717, 1.165) is 46.6 Å². The summed E-state index contributed by atoms with van der Waals surface area (Å²) in [6.45, 7) is 0.651. The van der Waals surface area contributed by atoms with Gasteiger partial charge in [0.25, 0.3) is 0 Å². The van der Waals surface area contributed by atoms with Gasteiger partial charge >= 0.3 is 0 Å². The van der Waals surface area contributed by atoms with Crippen molar-refractivity contribution in [2.45, 2.75) is 24.4 Å². The van der Waals surface area contributed by atoms with Crippen molar-refractivity contribution in [2.75, 3.05) is 19.4 Å². The second kappa shape index (κ2) is 12.0. The molecule has 0 aliphatic heterocycles. The lowest BCUT2D eigenvalue weighted by Crippen LogP contribution is -2.25. The van der Waals surface area contributed by atoms with Gasteiger partial charge in [0.2, 0.25) is 5.91 Å². The quantitative estimate of drug-likeness (QED) is 0.241. The molecule has 0 saturated carbocycles. The molecule has 0 unspecified atom stereocenters. The largest absolute Gasteiger partial charge is 0.495 e. The van der Waals surface area contributed by atoms with E-state index in [2.05, 4.69) is 27.6 Å². The average molecular weight is 473 g/mol. The van der Waals surface area contributed by atoms with Gasteiger partial charge in [0.05, 0.1) is 12.8 Å². The van der Waals surface area contributed by atoms with Crippen LogP contribution in [0.4, 0.5) is 0 Å². The highest BCUT2D eigenvalue weighted by Gasteiger charge is 2.18. The van der Waals surface area contributed by atoms with Crippen LogP contribution in [0.1, 0.15) is 18.4 Å². The minimum absolute atomic E-state index is 0.0766. The van der Waals surface area contributed by atoms with Gasteiger partial charge in [-0.2, -0.15) is 0 Å². The molecule has 4 rings (SSSR count). The molecule has 4 aromatic rings. The molecule has 1 amide bonds. The maximum atomic E-state index is 12.2. The van der Waals surface area contributed by atoms with E-state index in [9.17, 15) is 4.79 Å². The zero-order valence-electron chi connectivity index (χ0n) is 19.2. The monoisotopic (exact) mass is 472 g/mol. The fourth-order valence-corrected chi connectivity index (χ4v) is 4.53. The molecule has 0 atom stereocenters. The maximum Gasteiger partial charge on any atom is 0.220 e. The van der Waals surface area contributed by atoms with E-state index in [1.54, 1.807) is 18.9 Å². The molecular formula is C27H28N4O2S. The number of rotatable bonds is 11. The second-order valence-corrected chi connectivity index (χ2v) is 8.78. The number of aromatic nitrogens is 3. The van der Waals surface area contributed by atoms with Gasteiger partial charge in [0.15, 0.2) is 11.0 Å². The van der Waals surface area contributed by atoms with Crippen LogP contribution < -0.4 is 10.1 Å². The van der Waals surface area contributed by atoms with Crippen molar-refractivity contribution in [3.8, 4) is 22.8 Å². The lowest BCUT2D eigenvalue weighted by atomic mass is 10.1. The molecule has 1 heterocycles. The Hall–Kier alpha value is -3.58. The summed E-state index contributed by atoms with van der Waals surface area (Å²) >= 11 is 1.59. The fourth-order valence-electron chi connectivity index (χ4n) is 3.64. The maximum absolute atomic E-state index is 12.2. The summed E-state index contributed by atoms with van der Waals surface area (Å²) in [5.41, 5.74) is 3.09. The molecule has 7 heteroatoms. The van der Waals surface area contributed by atoms with Gasteiger partial charge in [-0.3, -0.25) is 9.36 Å². The molecule has 1 N–H and O–H groups in total. The van der Waals surface area contributed by atoms with Gasteiger partial charge in [-0.1, -0.05) is 84.6 Å². The van der Waals surface area contributed by atoms with Crippen LogP contribution in [-0.4, -0.2) is 40.1 Å². The molecule has 0 bridgehead atoms. The minimum Gasteiger partial charge on any atom is -0.495 e. The summed E-state index contributed by atoms with van der Waals surface area (Å²) in [6, 6.07) is 28.0. The predicted molar refractivity (Wildman–Crippen MR) is 136 cm³/mol. The van der Waals surface area contributed by atoms with Gasteiger partial charge < -0.3 is 10.1 Å². The Balaban J connectivity index is 1.38. The molecule has 3 aromatic carbocycles. The van der Waals surface area contributed by atoms with Gasteiger partial charge in [-0.05, 0) is 30.5 Å². The Morgan fingerprint density at radius 3 is 2.41 bits per heavy atom. The second-order valence-electron chi connectivity index (χ2n) is 7.72. The zero-order chi connectivity index (χ0) is 23.6. The Morgan fingerprint density at radius 2 is 1.65 bits per heavy atom. The molecular weight excluding hydrogens is 444 g/mol. The molecule has 0 saturated heterocycles. The first-order chi connectivity index (χ1) is 16.8. The third-order valence-electron chi connectivity index (χ3n) is 5.35. The van der Waals surface area contributed by atoms with E-state index >= 15 is 0 Å². The highest BCUT2D eigenvalue weighted by molar-refractivity contribution is 7.99. The van der Waals surface area contributed by atoms with Crippen molar-refractivity contribution in [3.63, 3.8) is 0 Å². The molecule has 0 radical (unpaired) electrons. The van der Waals surface area contributed by atoms with Gasteiger partial charge in [-0.25, -0.2) is 0 Å². The molecule has 0 aliphatic rings. The number of nitrogens with one attached hydrogen (secondary N) is 1. The van der Waals surface area contributed by atoms with E-state index in [1.807, 2.05) is 77.4 Å². The van der Waals surface area contributed by atoms with Gasteiger partial charge in [0.1, 0.15) is 5.75 Å². The summed E-state index contributed by atoms with van der Waals surface area (Å²) in [5.74, 6) is 2.34. The van der Waals surface area contributed by atoms with Crippen molar-refractivity contribution >= 4 is 17.7 Å². The van der Waals surface area contributed by atoms with E-state index in [1.165, 1.54) is 5.56 Å². The van der Waals surface area contributed by atoms with Crippen LogP contribution in [0, 0.1) is 0 Å². The average Bonchev–Trinajstić information content (AvgIpc) is 3.31. The van der Waals surface area contributed by atoms with Crippen LogP contribution in [-0.2, 0) is 11.2 Å².